The average molecular weight is 289 g/mol. The molecule has 0 radical (unpaired) electrons. The summed E-state index contributed by atoms with van der Waals surface area (Å²) >= 11 is 5.97. The van der Waals surface area contributed by atoms with Gasteiger partial charge >= 0.3 is 0 Å². The third-order valence-electron chi connectivity index (χ3n) is 3.14. The van der Waals surface area contributed by atoms with E-state index in [0.29, 0.717) is 10.6 Å². The third-order valence-corrected chi connectivity index (χ3v) is 3.37. The zero-order valence-corrected chi connectivity index (χ0v) is 12.5. The van der Waals surface area contributed by atoms with Crippen LogP contribution in [0.15, 0.2) is 36.4 Å². The predicted molar refractivity (Wildman–Crippen MR) is 84.9 cm³/mol. The molecule has 4 heteroatoms. The second-order valence-electron chi connectivity index (χ2n) is 4.71. The number of aryl methyl sites for hydroxylation is 2. The molecule has 20 heavy (non-hydrogen) atoms. The smallest absolute Gasteiger partial charge is 0.257 e. The maximum absolute atomic E-state index is 12.4. The van der Waals surface area contributed by atoms with E-state index < -0.39 is 0 Å². The molecule has 0 atom stereocenters. The number of hydrogen-bond acceptors (Lipinski definition) is 2. The summed E-state index contributed by atoms with van der Waals surface area (Å²) in [5.74, 6) is -0.150. The summed E-state index contributed by atoms with van der Waals surface area (Å²) in [4.78, 5) is 12.4. The van der Waals surface area contributed by atoms with Gasteiger partial charge in [-0.3, -0.25) is 4.79 Å². The lowest BCUT2D eigenvalue weighted by Gasteiger charge is -2.12. The van der Waals surface area contributed by atoms with Crippen molar-refractivity contribution in [3.8, 4) is 0 Å². The van der Waals surface area contributed by atoms with Crippen LogP contribution in [0.3, 0.4) is 0 Å². The number of halogens is 1. The lowest BCUT2D eigenvalue weighted by molar-refractivity contribution is 0.102. The summed E-state index contributed by atoms with van der Waals surface area (Å²) in [6, 6.07) is 11.2. The molecule has 1 amide bonds. The van der Waals surface area contributed by atoms with Gasteiger partial charge in [0.1, 0.15) is 0 Å². The molecule has 0 saturated heterocycles. The third kappa shape index (κ3) is 3.11. The molecule has 2 aromatic rings. The fraction of sp³-hybridized carbons (Fsp3) is 0.188. The number of benzene rings is 2. The Bertz CT molecular complexity index is 653. The van der Waals surface area contributed by atoms with E-state index in [1.54, 1.807) is 19.2 Å². The minimum Gasteiger partial charge on any atom is -0.387 e. The number of amides is 1. The first-order chi connectivity index (χ1) is 9.51. The van der Waals surface area contributed by atoms with Gasteiger partial charge < -0.3 is 10.6 Å². The molecule has 2 aromatic carbocycles. The molecule has 0 heterocycles. The standard InChI is InChI=1S/C16H17ClN2O/c1-10-4-7-14(18-3)13(8-10)16(20)19-15-9-12(17)6-5-11(15)2/h4-9,18H,1-3H3,(H,19,20). The van der Waals surface area contributed by atoms with Gasteiger partial charge in [0.15, 0.2) is 0 Å². The number of anilines is 2. The highest BCUT2D eigenvalue weighted by atomic mass is 35.5. The van der Waals surface area contributed by atoms with Crippen molar-refractivity contribution >= 4 is 28.9 Å². The molecule has 0 bridgehead atoms. The van der Waals surface area contributed by atoms with Gasteiger partial charge in [-0.05, 0) is 43.7 Å². The van der Waals surface area contributed by atoms with Crippen LogP contribution >= 0.6 is 11.6 Å². The van der Waals surface area contributed by atoms with Crippen molar-refractivity contribution in [2.24, 2.45) is 0 Å². The molecule has 0 aliphatic rings. The van der Waals surface area contributed by atoms with E-state index in [1.807, 2.05) is 38.1 Å². The molecule has 0 fully saturated rings. The Morgan fingerprint density at radius 1 is 1.05 bits per heavy atom. The van der Waals surface area contributed by atoms with Crippen molar-refractivity contribution in [3.63, 3.8) is 0 Å². The summed E-state index contributed by atoms with van der Waals surface area (Å²) in [6.45, 7) is 3.89. The molecule has 0 aliphatic carbocycles. The highest BCUT2D eigenvalue weighted by molar-refractivity contribution is 6.31. The van der Waals surface area contributed by atoms with Gasteiger partial charge in [0.05, 0.1) is 5.56 Å². The fourth-order valence-electron chi connectivity index (χ4n) is 1.98. The maximum Gasteiger partial charge on any atom is 0.257 e. The van der Waals surface area contributed by atoms with Crippen molar-refractivity contribution in [1.82, 2.24) is 0 Å². The van der Waals surface area contributed by atoms with Crippen molar-refractivity contribution in [3.05, 3.63) is 58.1 Å². The topological polar surface area (TPSA) is 41.1 Å². The predicted octanol–water partition coefficient (Wildman–Crippen LogP) is 4.25. The van der Waals surface area contributed by atoms with E-state index in [-0.39, 0.29) is 5.91 Å². The second-order valence-corrected chi connectivity index (χ2v) is 5.15. The minimum atomic E-state index is -0.150. The van der Waals surface area contributed by atoms with Crippen molar-refractivity contribution in [1.29, 1.82) is 0 Å². The van der Waals surface area contributed by atoms with Gasteiger partial charge in [0, 0.05) is 23.4 Å². The van der Waals surface area contributed by atoms with Gasteiger partial charge in [0.2, 0.25) is 0 Å². The largest absolute Gasteiger partial charge is 0.387 e. The lowest BCUT2D eigenvalue weighted by Crippen LogP contribution is -2.15. The first-order valence-corrected chi connectivity index (χ1v) is 6.75. The van der Waals surface area contributed by atoms with Crippen LogP contribution in [-0.2, 0) is 0 Å². The van der Waals surface area contributed by atoms with E-state index in [9.17, 15) is 4.79 Å². The lowest BCUT2D eigenvalue weighted by atomic mass is 10.1. The van der Waals surface area contributed by atoms with Crippen molar-refractivity contribution < 1.29 is 4.79 Å². The first kappa shape index (κ1) is 14.4. The number of hydrogen-bond donors (Lipinski definition) is 2. The van der Waals surface area contributed by atoms with Crippen LogP contribution in [-0.4, -0.2) is 13.0 Å². The number of nitrogens with one attached hydrogen (secondary N) is 2. The van der Waals surface area contributed by atoms with Crippen molar-refractivity contribution in [2.45, 2.75) is 13.8 Å². The Morgan fingerprint density at radius 2 is 1.80 bits per heavy atom. The highest BCUT2D eigenvalue weighted by Gasteiger charge is 2.12. The van der Waals surface area contributed by atoms with Gasteiger partial charge in [-0.25, -0.2) is 0 Å². The van der Waals surface area contributed by atoms with Gasteiger partial charge in [-0.2, -0.15) is 0 Å². The normalized spacial score (nSPS) is 10.2. The summed E-state index contributed by atoms with van der Waals surface area (Å²) in [5.41, 5.74) is 4.16. The first-order valence-electron chi connectivity index (χ1n) is 6.37. The molecule has 0 saturated carbocycles. The SMILES string of the molecule is CNc1ccc(C)cc1C(=O)Nc1cc(Cl)ccc1C. The van der Waals surface area contributed by atoms with Gasteiger partial charge in [-0.1, -0.05) is 29.3 Å². The summed E-state index contributed by atoms with van der Waals surface area (Å²) in [6.07, 6.45) is 0. The number of carbonyl (C=O) groups is 1. The van der Waals surface area contributed by atoms with E-state index in [4.69, 9.17) is 11.6 Å². The summed E-state index contributed by atoms with van der Waals surface area (Å²) in [7, 11) is 1.80. The second kappa shape index (κ2) is 5.97. The molecule has 0 aromatic heterocycles. The Kier molecular flexibility index (Phi) is 4.30. The molecule has 0 unspecified atom stereocenters. The Balaban J connectivity index is 2.32. The highest BCUT2D eigenvalue weighted by Crippen LogP contribution is 2.23. The zero-order chi connectivity index (χ0) is 14.7. The molecule has 0 aliphatic heterocycles. The summed E-state index contributed by atoms with van der Waals surface area (Å²) in [5, 5.41) is 6.54. The quantitative estimate of drug-likeness (QED) is 0.886. The Hall–Kier alpha value is -2.00. The fourth-order valence-corrected chi connectivity index (χ4v) is 2.15. The van der Waals surface area contributed by atoms with Crippen LogP contribution in [0.5, 0.6) is 0 Å². The van der Waals surface area contributed by atoms with Crippen LogP contribution in [0.2, 0.25) is 5.02 Å². The minimum absolute atomic E-state index is 0.150. The number of rotatable bonds is 3. The van der Waals surface area contributed by atoms with Crippen LogP contribution < -0.4 is 10.6 Å². The maximum atomic E-state index is 12.4. The van der Waals surface area contributed by atoms with E-state index in [2.05, 4.69) is 10.6 Å². The Morgan fingerprint density at radius 3 is 2.50 bits per heavy atom. The monoisotopic (exact) mass is 288 g/mol. The van der Waals surface area contributed by atoms with E-state index in [0.717, 1.165) is 22.5 Å². The molecule has 104 valence electrons. The van der Waals surface area contributed by atoms with Crippen LogP contribution in [0.25, 0.3) is 0 Å². The van der Waals surface area contributed by atoms with Gasteiger partial charge in [0.25, 0.3) is 5.91 Å². The van der Waals surface area contributed by atoms with Crippen molar-refractivity contribution in [2.75, 3.05) is 17.7 Å². The number of carbonyl (C=O) groups excluding carboxylic acids is 1. The van der Waals surface area contributed by atoms with E-state index >= 15 is 0 Å². The van der Waals surface area contributed by atoms with Crippen LogP contribution in [0.4, 0.5) is 11.4 Å². The molecule has 2 N–H and O–H groups in total. The average Bonchev–Trinajstić information content (AvgIpc) is 2.42. The Labute approximate surface area is 124 Å². The van der Waals surface area contributed by atoms with Crippen LogP contribution in [0.1, 0.15) is 21.5 Å². The molecular weight excluding hydrogens is 272 g/mol. The molecule has 3 nitrogen and oxygen atoms in total. The molecule has 2 rings (SSSR count). The van der Waals surface area contributed by atoms with E-state index in [1.165, 1.54) is 0 Å². The molecule has 0 spiro atoms. The van der Waals surface area contributed by atoms with Gasteiger partial charge in [-0.15, -0.1) is 0 Å². The van der Waals surface area contributed by atoms with Crippen LogP contribution in [0, 0.1) is 13.8 Å². The zero-order valence-electron chi connectivity index (χ0n) is 11.8. The molecular formula is C16H17ClN2O. The summed E-state index contributed by atoms with van der Waals surface area (Å²) < 4.78 is 0.